The third kappa shape index (κ3) is 5.49. The molecule has 0 saturated heterocycles. The predicted molar refractivity (Wildman–Crippen MR) is 43.1 cm³/mol. The standard InChI is InChI=1S/C8H14F3NO/c1-6(2)7(13)12(3)5-4-8(9,10)11/h6H,4-5H2,1-3H3. The highest BCUT2D eigenvalue weighted by Crippen LogP contribution is 2.19. The predicted octanol–water partition coefficient (Wildman–Crippen LogP) is 2.05. The molecule has 0 N–H and O–H groups in total. The van der Waals surface area contributed by atoms with E-state index in [9.17, 15) is 18.0 Å². The summed E-state index contributed by atoms with van der Waals surface area (Å²) in [5.74, 6) is -0.512. The molecular weight excluding hydrogens is 183 g/mol. The molecule has 0 heterocycles. The second-order valence-corrected chi connectivity index (χ2v) is 3.28. The highest BCUT2D eigenvalue weighted by atomic mass is 19.4. The summed E-state index contributed by atoms with van der Waals surface area (Å²) in [7, 11) is 1.38. The summed E-state index contributed by atoms with van der Waals surface area (Å²) >= 11 is 0. The molecule has 0 unspecified atom stereocenters. The van der Waals surface area contributed by atoms with E-state index in [1.54, 1.807) is 13.8 Å². The van der Waals surface area contributed by atoms with Crippen LogP contribution in [-0.4, -0.2) is 30.6 Å². The number of amides is 1. The summed E-state index contributed by atoms with van der Waals surface area (Å²) in [4.78, 5) is 12.2. The molecule has 0 aromatic heterocycles. The quantitative estimate of drug-likeness (QED) is 0.678. The number of rotatable bonds is 3. The van der Waals surface area contributed by atoms with E-state index in [0.717, 1.165) is 4.90 Å². The fraction of sp³-hybridized carbons (Fsp3) is 0.875. The zero-order valence-corrected chi connectivity index (χ0v) is 7.98. The molecule has 0 aromatic carbocycles. The van der Waals surface area contributed by atoms with Crippen molar-refractivity contribution in [1.82, 2.24) is 4.90 Å². The minimum atomic E-state index is -4.19. The van der Waals surface area contributed by atoms with Gasteiger partial charge in [-0.25, -0.2) is 0 Å². The Balaban J connectivity index is 3.88. The molecule has 2 nitrogen and oxygen atoms in total. The van der Waals surface area contributed by atoms with Gasteiger partial charge in [0.15, 0.2) is 0 Å². The first-order valence-electron chi connectivity index (χ1n) is 4.06. The van der Waals surface area contributed by atoms with E-state index in [2.05, 4.69) is 0 Å². The van der Waals surface area contributed by atoms with Crippen molar-refractivity contribution in [3.8, 4) is 0 Å². The van der Waals surface area contributed by atoms with Crippen LogP contribution in [-0.2, 0) is 4.79 Å². The van der Waals surface area contributed by atoms with Crippen molar-refractivity contribution in [2.24, 2.45) is 5.92 Å². The Morgan fingerprint density at radius 2 is 1.85 bits per heavy atom. The molecule has 0 radical (unpaired) electrons. The summed E-state index contributed by atoms with van der Waals surface area (Å²) < 4.78 is 35.2. The monoisotopic (exact) mass is 197 g/mol. The number of alkyl halides is 3. The van der Waals surface area contributed by atoms with Gasteiger partial charge in [-0.1, -0.05) is 13.8 Å². The lowest BCUT2D eigenvalue weighted by molar-refractivity contribution is -0.145. The van der Waals surface area contributed by atoms with Crippen LogP contribution < -0.4 is 0 Å². The number of carbonyl (C=O) groups is 1. The maximum absolute atomic E-state index is 11.7. The Hall–Kier alpha value is -0.740. The summed E-state index contributed by atoms with van der Waals surface area (Å²) in [6.45, 7) is 3.05. The van der Waals surface area contributed by atoms with Gasteiger partial charge in [-0.2, -0.15) is 13.2 Å². The summed E-state index contributed by atoms with van der Waals surface area (Å²) in [6.07, 6.45) is -5.13. The lowest BCUT2D eigenvalue weighted by Crippen LogP contribution is -2.33. The lowest BCUT2D eigenvalue weighted by Gasteiger charge is -2.19. The number of carbonyl (C=O) groups excluding carboxylic acids is 1. The molecule has 13 heavy (non-hydrogen) atoms. The minimum absolute atomic E-state index is 0.252. The molecule has 78 valence electrons. The van der Waals surface area contributed by atoms with Crippen LogP contribution >= 0.6 is 0 Å². The van der Waals surface area contributed by atoms with E-state index >= 15 is 0 Å². The molecule has 0 atom stereocenters. The molecule has 0 aliphatic heterocycles. The van der Waals surface area contributed by atoms with Crippen LogP contribution in [0, 0.1) is 5.92 Å². The maximum Gasteiger partial charge on any atom is 0.390 e. The molecule has 5 heteroatoms. The first-order chi connectivity index (χ1) is 5.74. The first-order valence-corrected chi connectivity index (χ1v) is 4.06. The Kier molecular flexibility index (Phi) is 4.23. The average molecular weight is 197 g/mol. The van der Waals surface area contributed by atoms with Gasteiger partial charge in [0, 0.05) is 19.5 Å². The van der Waals surface area contributed by atoms with Gasteiger partial charge in [0.25, 0.3) is 0 Å². The fourth-order valence-electron chi connectivity index (χ4n) is 0.845. The third-order valence-electron chi connectivity index (χ3n) is 1.60. The van der Waals surface area contributed by atoms with Crippen LogP contribution in [0.4, 0.5) is 13.2 Å². The van der Waals surface area contributed by atoms with E-state index in [1.165, 1.54) is 7.05 Å². The molecule has 0 spiro atoms. The molecule has 0 saturated carbocycles. The van der Waals surface area contributed by atoms with E-state index in [1.807, 2.05) is 0 Å². The largest absolute Gasteiger partial charge is 0.390 e. The zero-order valence-electron chi connectivity index (χ0n) is 7.98. The SMILES string of the molecule is CC(C)C(=O)N(C)CCC(F)(F)F. The van der Waals surface area contributed by atoms with Gasteiger partial charge in [-0.05, 0) is 0 Å². The Morgan fingerprint density at radius 1 is 1.38 bits per heavy atom. The van der Waals surface area contributed by atoms with Crippen molar-refractivity contribution in [1.29, 1.82) is 0 Å². The van der Waals surface area contributed by atoms with Crippen LogP contribution in [0.15, 0.2) is 0 Å². The number of halogens is 3. The number of nitrogens with zero attached hydrogens (tertiary/aromatic N) is 1. The van der Waals surface area contributed by atoms with Crippen molar-refractivity contribution >= 4 is 5.91 Å². The van der Waals surface area contributed by atoms with Crippen LogP contribution in [0.1, 0.15) is 20.3 Å². The second-order valence-electron chi connectivity index (χ2n) is 3.28. The molecular formula is C8H14F3NO. The van der Waals surface area contributed by atoms with Crippen LogP contribution in [0.2, 0.25) is 0 Å². The van der Waals surface area contributed by atoms with Gasteiger partial charge in [-0.15, -0.1) is 0 Å². The minimum Gasteiger partial charge on any atom is -0.345 e. The van der Waals surface area contributed by atoms with Gasteiger partial charge >= 0.3 is 6.18 Å². The van der Waals surface area contributed by atoms with E-state index < -0.39 is 12.6 Å². The van der Waals surface area contributed by atoms with E-state index in [0.29, 0.717) is 0 Å². The molecule has 0 bridgehead atoms. The van der Waals surface area contributed by atoms with Crippen LogP contribution in [0.5, 0.6) is 0 Å². The fourth-order valence-corrected chi connectivity index (χ4v) is 0.845. The Morgan fingerprint density at radius 3 is 2.15 bits per heavy atom. The van der Waals surface area contributed by atoms with E-state index in [-0.39, 0.29) is 18.4 Å². The summed E-state index contributed by atoms with van der Waals surface area (Å²) in [6, 6.07) is 0. The van der Waals surface area contributed by atoms with Crippen LogP contribution in [0.25, 0.3) is 0 Å². The number of hydrogen-bond acceptors (Lipinski definition) is 1. The number of hydrogen-bond donors (Lipinski definition) is 0. The highest BCUT2D eigenvalue weighted by Gasteiger charge is 2.28. The van der Waals surface area contributed by atoms with Crippen molar-refractivity contribution in [3.05, 3.63) is 0 Å². The molecule has 0 rings (SSSR count). The molecule has 0 aromatic rings. The van der Waals surface area contributed by atoms with Gasteiger partial charge in [0.1, 0.15) is 0 Å². The normalized spacial score (nSPS) is 11.9. The summed E-state index contributed by atoms with van der Waals surface area (Å²) in [5.41, 5.74) is 0. The van der Waals surface area contributed by atoms with Crippen molar-refractivity contribution in [3.63, 3.8) is 0 Å². The topological polar surface area (TPSA) is 20.3 Å². The average Bonchev–Trinajstić information content (AvgIpc) is 1.97. The maximum atomic E-state index is 11.7. The smallest absolute Gasteiger partial charge is 0.345 e. The van der Waals surface area contributed by atoms with Crippen molar-refractivity contribution < 1.29 is 18.0 Å². The van der Waals surface area contributed by atoms with Gasteiger partial charge in [0.05, 0.1) is 6.42 Å². The highest BCUT2D eigenvalue weighted by molar-refractivity contribution is 5.77. The first kappa shape index (κ1) is 12.3. The van der Waals surface area contributed by atoms with Crippen LogP contribution in [0.3, 0.4) is 0 Å². The van der Waals surface area contributed by atoms with Crippen molar-refractivity contribution in [2.45, 2.75) is 26.4 Å². The molecule has 1 amide bonds. The molecule has 0 aliphatic rings. The molecule has 0 aliphatic carbocycles. The van der Waals surface area contributed by atoms with Gasteiger partial charge in [-0.3, -0.25) is 4.79 Å². The summed E-state index contributed by atoms with van der Waals surface area (Å²) in [5, 5.41) is 0. The van der Waals surface area contributed by atoms with E-state index in [4.69, 9.17) is 0 Å². The van der Waals surface area contributed by atoms with Gasteiger partial charge in [0.2, 0.25) is 5.91 Å². The lowest BCUT2D eigenvalue weighted by atomic mass is 10.2. The Bertz CT molecular complexity index is 177. The second kappa shape index (κ2) is 4.48. The zero-order chi connectivity index (χ0) is 10.6. The Labute approximate surface area is 75.7 Å². The van der Waals surface area contributed by atoms with Gasteiger partial charge < -0.3 is 4.90 Å². The molecule has 0 fully saturated rings. The third-order valence-corrected chi connectivity index (χ3v) is 1.60. The van der Waals surface area contributed by atoms with Crippen molar-refractivity contribution in [2.75, 3.05) is 13.6 Å².